The lowest BCUT2D eigenvalue weighted by Crippen LogP contribution is -2.66. The molecule has 1 saturated heterocycles. The summed E-state index contributed by atoms with van der Waals surface area (Å²) in [5.74, 6) is 0.00630. The molecular formula is C24H41N2O5P. The van der Waals surface area contributed by atoms with E-state index in [9.17, 15) is 4.57 Å². The Labute approximate surface area is 194 Å². The molecule has 7 nitrogen and oxygen atoms in total. The molecular weight excluding hydrogens is 427 g/mol. The first-order valence-electron chi connectivity index (χ1n) is 11.8. The maximum Gasteiger partial charge on any atom is 0.550 e. The summed E-state index contributed by atoms with van der Waals surface area (Å²) < 4.78 is 28.7. The van der Waals surface area contributed by atoms with E-state index >= 15 is 0 Å². The highest BCUT2D eigenvalue weighted by Gasteiger charge is 2.53. The second kappa shape index (κ2) is 11.3. The van der Waals surface area contributed by atoms with Crippen LogP contribution >= 0.6 is 7.82 Å². The zero-order valence-electron chi connectivity index (χ0n) is 21.0. The van der Waals surface area contributed by atoms with Gasteiger partial charge in [-0.1, -0.05) is 56.3 Å². The van der Waals surface area contributed by atoms with Gasteiger partial charge >= 0.3 is 7.82 Å². The minimum atomic E-state index is -3.72. The van der Waals surface area contributed by atoms with Crippen molar-refractivity contribution in [2.24, 2.45) is 11.1 Å². The van der Waals surface area contributed by atoms with E-state index in [0.29, 0.717) is 6.42 Å². The maximum atomic E-state index is 12.8. The highest BCUT2D eigenvalue weighted by atomic mass is 31.2. The van der Waals surface area contributed by atoms with Crippen molar-refractivity contribution in [1.29, 1.82) is 0 Å². The van der Waals surface area contributed by atoms with Gasteiger partial charge in [0.05, 0.1) is 24.5 Å². The van der Waals surface area contributed by atoms with Gasteiger partial charge in [-0.2, -0.15) is 5.06 Å². The molecule has 1 aliphatic rings. The minimum Gasteiger partial charge on any atom is -0.292 e. The summed E-state index contributed by atoms with van der Waals surface area (Å²) in [7, 11) is -3.72. The van der Waals surface area contributed by atoms with Crippen molar-refractivity contribution in [3.8, 4) is 0 Å². The Bertz CT molecular complexity index is 795. The third-order valence-corrected chi connectivity index (χ3v) is 8.22. The Kier molecular flexibility index (Phi) is 9.50. The lowest BCUT2D eigenvalue weighted by molar-refractivity contribution is -0.310. The third kappa shape index (κ3) is 5.81. The fraction of sp³-hybridized carbons (Fsp3) is 0.708. The van der Waals surface area contributed by atoms with Crippen molar-refractivity contribution in [3.63, 3.8) is 0 Å². The van der Waals surface area contributed by atoms with Crippen LogP contribution in [0.4, 0.5) is 0 Å². The van der Waals surface area contributed by atoms with Crippen molar-refractivity contribution in [1.82, 2.24) is 5.06 Å². The van der Waals surface area contributed by atoms with Crippen LogP contribution in [0.3, 0.4) is 0 Å². The Morgan fingerprint density at radius 2 is 1.69 bits per heavy atom. The summed E-state index contributed by atoms with van der Waals surface area (Å²) in [6.45, 7) is 16.8. The molecule has 4 atom stereocenters. The van der Waals surface area contributed by atoms with E-state index in [2.05, 4.69) is 63.9 Å². The molecule has 0 bridgehead atoms. The van der Waals surface area contributed by atoms with Crippen LogP contribution in [-0.4, -0.2) is 35.1 Å². The van der Waals surface area contributed by atoms with Crippen molar-refractivity contribution in [3.05, 3.63) is 35.9 Å². The van der Waals surface area contributed by atoms with Crippen LogP contribution in [0.2, 0.25) is 0 Å². The molecule has 1 aromatic carbocycles. The molecule has 0 saturated carbocycles. The number of phosphoric acid groups is 1. The first kappa shape index (κ1) is 27.0. The molecule has 0 N–H and O–H groups in total. The fourth-order valence-corrected chi connectivity index (χ4v) is 5.30. The van der Waals surface area contributed by atoms with Gasteiger partial charge in [0.2, 0.25) is 0 Å². The monoisotopic (exact) mass is 468 g/mol. The summed E-state index contributed by atoms with van der Waals surface area (Å²) in [4.78, 5) is 6.67. The molecule has 1 aliphatic heterocycles. The van der Waals surface area contributed by atoms with Gasteiger partial charge in [-0.05, 0) is 53.0 Å². The minimum absolute atomic E-state index is 0.00630. The Hall–Kier alpha value is -1.24. The van der Waals surface area contributed by atoms with Gasteiger partial charge in [-0.3, -0.25) is 18.5 Å². The quantitative estimate of drug-likeness (QED) is 0.260. The van der Waals surface area contributed by atoms with E-state index in [0.717, 1.165) is 24.1 Å². The van der Waals surface area contributed by atoms with Crippen LogP contribution in [0, 0.1) is 5.92 Å². The topological polar surface area (TPSA) is 69.6 Å². The van der Waals surface area contributed by atoms with Crippen molar-refractivity contribution in [2.45, 2.75) is 91.8 Å². The molecule has 2 rings (SSSR count). The standard InChI is InChI=1S/C24H41N2O5P/c1-9-23(7)18-22(25-31-32(27,28-11-3)29-12-4)19(5)24(8,10-2)26(23)30-20(6)21-16-14-13-15-17-21/h13-17,19-20H,9-12,18H2,1-8H3. The predicted octanol–water partition coefficient (Wildman–Crippen LogP) is 6.91. The largest absolute Gasteiger partial charge is 0.550 e. The highest BCUT2D eigenvalue weighted by Crippen LogP contribution is 2.51. The zero-order valence-corrected chi connectivity index (χ0v) is 21.9. The average molecular weight is 469 g/mol. The summed E-state index contributed by atoms with van der Waals surface area (Å²) in [5, 5.41) is 6.54. The predicted molar refractivity (Wildman–Crippen MR) is 128 cm³/mol. The van der Waals surface area contributed by atoms with Crippen LogP contribution in [-0.2, 0) is 23.1 Å². The molecule has 0 amide bonds. The molecule has 8 heteroatoms. The molecule has 32 heavy (non-hydrogen) atoms. The van der Waals surface area contributed by atoms with E-state index in [1.54, 1.807) is 13.8 Å². The van der Waals surface area contributed by atoms with E-state index < -0.39 is 7.82 Å². The van der Waals surface area contributed by atoms with Gasteiger partial charge < -0.3 is 0 Å². The average Bonchev–Trinajstić information content (AvgIpc) is 2.79. The van der Waals surface area contributed by atoms with Crippen molar-refractivity contribution < 1.29 is 23.1 Å². The number of oxime groups is 1. The number of piperidine rings is 1. The van der Waals surface area contributed by atoms with Crippen molar-refractivity contribution in [2.75, 3.05) is 13.2 Å². The van der Waals surface area contributed by atoms with E-state index in [1.807, 2.05) is 18.2 Å². The molecule has 0 radical (unpaired) electrons. The highest BCUT2D eigenvalue weighted by molar-refractivity contribution is 7.48. The summed E-state index contributed by atoms with van der Waals surface area (Å²) in [6, 6.07) is 10.2. The molecule has 182 valence electrons. The molecule has 1 aromatic rings. The van der Waals surface area contributed by atoms with Gasteiger partial charge in [0.25, 0.3) is 0 Å². The third-order valence-electron chi connectivity index (χ3n) is 6.79. The number of rotatable bonds is 11. The van der Waals surface area contributed by atoms with Gasteiger partial charge in [-0.25, -0.2) is 4.57 Å². The molecule has 1 heterocycles. The number of hydrogen-bond acceptors (Lipinski definition) is 7. The molecule has 0 aromatic heterocycles. The summed E-state index contributed by atoms with van der Waals surface area (Å²) in [6.07, 6.45) is 2.23. The Morgan fingerprint density at radius 3 is 2.19 bits per heavy atom. The van der Waals surface area contributed by atoms with Crippen LogP contribution in [0.5, 0.6) is 0 Å². The summed E-state index contributed by atoms with van der Waals surface area (Å²) >= 11 is 0. The molecule has 1 fully saturated rings. The number of nitrogens with zero attached hydrogens (tertiary/aromatic N) is 2. The number of hydrogen-bond donors (Lipinski definition) is 0. The SMILES string of the molecule is CCOP(=O)(OCC)ON=C1CC(C)(CC)N(OC(C)c2ccccc2)C(C)(CC)C1C. The zero-order chi connectivity index (χ0) is 24.0. The molecule has 0 spiro atoms. The van der Waals surface area contributed by atoms with E-state index in [4.69, 9.17) is 18.5 Å². The van der Waals surface area contributed by atoms with Gasteiger partial charge in [-0.15, -0.1) is 0 Å². The molecule has 0 aliphatic carbocycles. The number of benzene rings is 1. The molecule has 4 unspecified atom stereocenters. The van der Waals surface area contributed by atoms with E-state index in [1.165, 1.54) is 0 Å². The van der Waals surface area contributed by atoms with Gasteiger partial charge in [0.1, 0.15) is 6.10 Å². The normalized spacial score (nSPS) is 29.2. The second-order valence-corrected chi connectivity index (χ2v) is 10.4. The van der Waals surface area contributed by atoms with E-state index in [-0.39, 0.29) is 36.3 Å². The smallest absolute Gasteiger partial charge is 0.292 e. The fourth-order valence-electron chi connectivity index (χ4n) is 4.29. The lowest BCUT2D eigenvalue weighted by atomic mass is 9.70. The second-order valence-electron chi connectivity index (χ2n) is 8.86. The maximum absolute atomic E-state index is 12.8. The number of phosphoric ester groups is 1. The lowest BCUT2D eigenvalue weighted by Gasteiger charge is -2.57. The summed E-state index contributed by atoms with van der Waals surface area (Å²) in [5.41, 5.74) is 1.32. The first-order valence-corrected chi connectivity index (χ1v) is 13.2. The van der Waals surface area contributed by atoms with Crippen LogP contribution in [0.15, 0.2) is 35.5 Å². The van der Waals surface area contributed by atoms with Gasteiger partial charge in [0.15, 0.2) is 0 Å². The van der Waals surface area contributed by atoms with Crippen LogP contribution in [0.25, 0.3) is 0 Å². The Morgan fingerprint density at radius 1 is 1.09 bits per heavy atom. The van der Waals surface area contributed by atoms with Crippen LogP contribution in [0.1, 0.15) is 86.3 Å². The van der Waals surface area contributed by atoms with Crippen molar-refractivity contribution >= 4 is 13.5 Å². The first-order chi connectivity index (χ1) is 15.1. The number of hydroxylamine groups is 2. The van der Waals surface area contributed by atoms with Crippen LogP contribution < -0.4 is 0 Å². The van der Waals surface area contributed by atoms with Gasteiger partial charge in [0, 0.05) is 17.9 Å². The Balaban J connectivity index is 2.37.